The number of benzene rings is 1. The summed E-state index contributed by atoms with van der Waals surface area (Å²) in [5.74, 6) is 0. The third kappa shape index (κ3) is 3.54. The van der Waals surface area contributed by atoms with Crippen LogP contribution in [0.2, 0.25) is 0 Å². The summed E-state index contributed by atoms with van der Waals surface area (Å²) in [6, 6.07) is 5.07. The molecule has 0 saturated carbocycles. The van der Waals surface area contributed by atoms with Crippen molar-refractivity contribution in [2.75, 3.05) is 0 Å². The van der Waals surface area contributed by atoms with Crippen molar-refractivity contribution in [2.24, 2.45) is 5.73 Å². The third-order valence-electron chi connectivity index (χ3n) is 2.54. The van der Waals surface area contributed by atoms with Gasteiger partial charge in [0.25, 0.3) is 0 Å². The Morgan fingerprint density at radius 3 is 2.42 bits per heavy atom. The summed E-state index contributed by atoms with van der Waals surface area (Å²) in [5.41, 5.74) is 5.73. The predicted molar refractivity (Wildman–Crippen MR) is 69.9 cm³/mol. The summed E-state index contributed by atoms with van der Waals surface area (Å²) < 4.78 is 37.3. The number of aromatic nitrogens is 1. The zero-order valence-electron chi connectivity index (χ0n) is 10.2. The molecule has 1 atom stereocenters. The fraction of sp³-hybridized carbons (Fsp3) is 0.308. The molecule has 0 spiro atoms. The van der Waals surface area contributed by atoms with Gasteiger partial charge in [0.05, 0.1) is 5.56 Å². The highest BCUT2D eigenvalue weighted by Crippen LogP contribution is 2.32. The molecular weight excluding hydrogens is 273 g/mol. The van der Waals surface area contributed by atoms with E-state index in [9.17, 15) is 13.2 Å². The molecule has 0 aliphatic rings. The normalized spacial score (nSPS) is 13.5. The number of thiazole rings is 1. The molecule has 1 unspecified atom stereocenters. The van der Waals surface area contributed by atoms with E-state index in [-0.39, 0.29) is 6.04 Å². The van der Waals surface area contributed by atoms with Crippen molar-refractivity contribution in [3.63, 3.8) is 0 Å². The lowest BCUT2D eigenvalue weighted by Crippen LogP contribution is -2.16. The van der Waals surface area contributed by atoms with E-state index in [1.807, 2.05) is 6.92 Å². The van der Waals surface area contributed by atoms with Gasteiger partial charge in [-0.1, -0.05) is 12.1 Å². The van der Waals surface area contributed by atoms with Crippen LogP contribution in [-0.4, -0.2) is 11.0 Å². The lowest BCUT2D eigenvalue weighted by atomic mass is 10.1. The van der Waals surface area contributed by atoms with Crippen LogP contribution in [0.1, 0.15) is 17.4 Å². The SMILES string of the molecule is CC(N)Cc1cnc(-c2ccc(C(F)(F)F)cc2)s1. The molecule has 1 aromatic carbocycles. The smallest absolute Gasteiger partial charge is 0.328 e. The molecule has 19 heavy (non-hydrogen) atoms. The zero-order chi connectivity index (χ0) is 14.0. The van der Waals surface area contributed by atoms with Crippen LogP contribution in [0, 0.1) is 0 Å². The highest BCUT2D eigenvalue weighted by molar-refractivity contribution is 7.15. The number of hydrogen-bond acceptors (Lipinski definition) is 3. The second-order valence-electron chi connectivity index (χ2n) is 4.39. The van der Waals surface area contributed by atoms with Gasteiger partial charge in [-0.25, -0.2) is 4.98 Å². The van der Waals surface area contributed by atoms with E-state index in [0.29, 0.717) is 10.6 Å². The van der Waals surface area contributed by atoms with Crippen LogP contribution in [0.25, 0.3) is 10.6 Å². The molecule has 2 rings (SSSR count). The number of halogens is 3. The van der Waals surface area contributed by atoms with E-state index < -0.39 is 11.7 Å². The van der Waals surface area contributed by atoms with Crippen molar-refractivity contribution in [2.45, 2.75) is 25.6 Å². The summed E-state index contributed by atoms with van der Waals surface area (Å²) in [6.07, 6.45) is -1.86. The van der Waals surface area contributed by atoms with Crippen molar-refractivity contribution in [1.29, 1.82) is 0 Å². The Bertz CT molecular complexity index is 544. The molecule has 1 aromatic heterocycles. The second kappa shape index (κ2) is 5.30. The van der Waals surface area contributed by atoms with Gasteiger partial charge in [0.1, 0.15) is 5.01 Å². The fourth-order valence-electron chi connectivity index (χ4n) is 1.65. The van der Waals surface area contributed by atoms with Crippen LogP contribution >= 0.6 is 11.3 Å². The number of nitrogens with zero attached hydrogens (tertiary/aromatic N) is 1. The Balaban J connectivity index is 2.20. The van der Waals surface area contributed by atoms with Gasteiger partial charge in [0.15, 0.2) is 0 Å². The Morgan fingerprint density at radius 1 is 1.26 bits per heavy atom. The first-order chi connectivity index (χ1) is 8.86. The second-order valence-corrected chi connectivity index (χ2v) is 5.50. The van der Waals surface area contributed by atoms with Gasteiger partial charge in [-0.15, -0.1) is 11.3 Å². The molecule has 2 N–H and O–H groups in total. The average Bonchev–Trinajstić information content (AvgIpc) is 2.75. The topological polar surface area (TPSA) is 38.9 Å². The predicted octanol–water partition coefficient (Wildman–Crippen LogP) is 3.72. The largest absolute Gasteiger partial charge is 0.416 e. The maximum atomic E-state index is 12.4. The summed E-state index contributed by atoms with van der Waals surface area (Å²) in [5, 5.41) is 0.712. The van der Waals surface area contributed by atoms with Gasteiger partial charge in [-0.3, -0.25) is 0 Å². The van der Waals surface area contributed by atoms with Crippen LogP contribution in [-0.2, 0) is 12.6 Å². The average molecular weight is 286 g/mol. The van der Waals surface area contributed by atoms with Gasteiger partial charge in [-0.2, -0.15) is 13.2 Å². The molecule has 2 aromatic rings. The van der Waals surface area contributed by atoms with E-state index in [4.69, 9.17) is 5.73 Å². The fourth-order valence-corrected chi connectivity index (χ4v) is 2.71. The zero-order valence-corrected chi connectivity index (χ0v) is 11.1. The molecule has 0 bridgehead atoms. The van der Waals surface area contributed by atoms with Crippen molar-refractivity contribution >= 4 is 11.3 Å². The summed E-state index contributed by atoms with van der Waals surface area (Å²) in [4.78, 5) is 5.25. The molecule has 0 amide bonds. The molecule has 0 fully saturated rings. The highest BCUT2D eigenvalue weighted by Gasteiger charge is 2.30. The summed E-state index contributed by atoms with van der Waals surface area (Å²) in [7, 11) is 0. The molecule has 0 aliphatic carbocycles. The van der Waals surface area contributed by atoms with Crippen molar-refractivity contribution < 1.29 is 13.2 Å². The Labute approximate surface area is 113 Å². The van der Waals surface area contributed by atoms with Gasteiger partial charge in [-0.05, 0) is 25.5 Å². The van der Waals surface area contributed by atoms with Crippen LogP contribution in [0.15, 0.2) is 30.5 Å². The van der Waals surface area contributed by atoms with Gasteiger partial charge in [0, 0.05) is 22.7 Å². The number of hydrogen-bond donors (Lipinski definition) is 1. The molecule has 6 heteroatoms. The lowest BCUT2D eigenvalue weighted by molar-refractivity contribution is -0.137. The van der Waals surface area contributed by atoms with Crippen molar-refractivity contribution in [1.82, 2.24) is 4.98 Å². The maximum absolute atomic E-state index is 12.4. The summed E-state index contributed by atoms with van der Waals surface area (Å²) >= 11 is 1.46. The molecule has 1 heterocycles. The van der Waals surface area contributed by atoms with Gasteiger partial charge < -0.3 is 5.73 Å². The lowest BCUT2D eigenvalue weighted by Gasteiger charge is -2.06. The number of nitrogens with two attached hydrogens (primary N) is 1. The maximum Gasteiger partial charge on any atom is 0.416 e. The van der Waals surface area contributed by atoms with Crippen molar-refractivity contribution in [3.05, 3.63) is 40.9 Å². The third-order valence-corrected chi connectivity index (χ3v) is 3.60. The Kier molecular flexibility index (Phi) is 3.91. The molecule has 0 saturated heterocycles. The monoisotopic (exact) mass is 286 g/mol. The number of rotatable bonds is 3. The van der Waals surface area contributed by atoms with E-state index in [2.05, 4.69) is 4.98 Å². The molecule has 2 nitrogen and oxygen atoms in total. The first-order valence-corrected chi connectivity index (χ1v) is 6.56. The molecular formula is C13H13F3N2S. The first-order valence-electron chi connectivity index (χ1n) is 5.74. The van der Waals surface area contributed by atoms with Crippen LogP contribution < -0.4 is 5.73 Å². The van der Waals surface area contributed by atoms with Gasteiger partial charge in [0.2, 0.25) is 0 Å². The van der Waals surface area contributed by atoms with Crippen molar-refractivity contribution in [3.8, 4) is 10.6 Å². The Morgan fingerprint density at radius 2 is 1.89 bits per heavy atom. The standard InChI is InChI=1S/C13H13F3N2S/c1-8(17)6-11-7-18-12(19-11)9-2-4-10(5-3-9)13(14,15)16/h2-5,7-8H,6,17H2,1H3. The minimum atomic E-state index is -4.30. The first kappa shape index (κ1) is 14.0. The van der Waals surface area contributed by atoms with E-state index in [1.54, 1.807) is 6.20 Å². The van der Waals surface area contributed by atoms with E-state index in [1.165, 1.54) is 23.5 Å². The molecule has 0 radical (unpaired) electrons. The van der Waals surface area contributed by atoms with Crippen LogP contribution in [0.3, 0.4) is 0 Å². The number of alkyl halides is 3. The van der Waals surface area contributed by atoms with E-state index >= 15 is 0 Å². The van der Waals surface area contributed by atoms with Crippen LogP contribution in [0.4, 0.5) is 13.2 Å². The quantitative estimate of drug-likeness (QED) is 0.934. The van der Waals surface area contributed by atoms with Gasteiger partial charge >= 0.3 is 6.18 Å². The Hall–Kier alpha value is -1.40. The molecule has 0 aliphatic heterocycles. The van der Waals surface area contributed by atoms with E-state index in [0.717, 1.165) is 23.4 Å². The highest BCUT2D eigenvalue weighted by atomic mass is 32.1. The minimum absolute atomic E-state index is 0.0425. The van der Waals surface area contributed by atoms with Crippen LogP contribution in [0.5, 0.6) is 0 Å². The molecule has 102 valence electrons. The summed E-state index contributed by atoms with van der Waals surface area (Å²) in [6.45, 7) is 1.90. The minimum Gasteiger partial charge on any atom is -0.328 e.